The van der Waals surface area contributed by atoms with Gasteiger partial charge in [0.2, 0.25) is 17.7 Å². The Hall–Kier alpha value is -5.99. The van der Waals surface area contributed by atoms with E-state index < -0.39 is 41.3 Å². The molecule has 6 rings (SSSR count). The average Bonchev–Trinajstić information content (AvgIpc) is 3.73. The second-order valence-electron chi connectivity index (χ2n) is 15.5. The van der Waals surface area contributed by atoms with Crippen LogP contribution in [0.2, 0.25) is 0 Å². The van der Waals surface area contributed by atoms with Crippen molar-refractivity contribution in [3.63, 3.8) is 0 Å². The number of benzene rings is 3. The fourth-order valence-corrected chi connectivity index (χ4v) is 7.15. The highest BCUT2D eigenvalue weighted by molar-refractivity contribution is 5.99. The van der Waals surface area contributed by atoms with Crippen molar-refractivity contribution >= 4 is 46.5 Å². The zero-order valence-corrected chi connectivity index (χ0v) is 31.8. The number of aromatic nitrogens is 1. The van der Waals surface area contributed by atoms with E-state index in [4.69, 9.17) is 9.15 Å². The third-order valence-corrected chi connectivity index (χ3v) is 10.1. The molecule has 4 aromatic rings. The van der Waals surface area contributed by atoms with E-state index in [1.807, 2.05) is 37.3 Å². The van der Waals surface area contributed by atoms with Crippen molar-refractivity contribution in [2.24, 2.45) is 11.8 Å². The number of carbonyl (C=O) groups excluding carboxylic acids is 5. The molecule has 1 aliphatic carbocycles. The van der Waals surface area contributed by atoms with Crippen LogP contribution in [-0.4, -0.2) is 65.5 Å². The highest BCUT2D eigenvalue weighted by Crippen LogP contribution is 2.30. The van der Waals surface area contributed by atoms with Crippen molar-refractivity contribution in [3.05, 3.63) is 87.7 Å². The van der Waals surface area contributed by atoms with E-state index in [0.717, 1.165) is 28.3 Å². The quantitative estimate of drug-likeness (QED) is 0.124. The van der Waals surface area contributed by atoms with Gasteiger partial charge in [0.05, 0.1) is 5.52 Å². The molecule has 14 nitrogen and oxygen atoms in total. The number of fused-ring (bicyclic) bond motifs is 1. The highest BCUT2D eigenvalue weighted by Gasteiger charge is 2.31. The maximum absolute atomic E-state index is 14.7. The van der Waals surface area contributed by atoms with Gasteiger partial charge in [-0.2, -0.15) is 0 Å². The van der Waals surface area contributed by atoms with Crippen LogP contribution < -0.4 is 32.3 Å². The molecule has 2 aliphatic rings. The molecule has 0 radical (unpaired) electrons. The minimum absolute atomic E-state index is 0.0729. The molecule has 15 heteroatoms. The van der Waals surface area contributed by atoms with Crippen molar-refractivity contribution in [1.29, 1.82) is 0 Å². The second kappa shape index (κ2) is 16.8. The van der Waals surface area contributed by atoms with Gasteiger partial charge in [-0.15, -0.1) is 0 Å². The number of aromatic amines is 1. The van der Waals surface area contributed by atoms with Crippen LogP contribution in [0.5, 0.6) is 0 Å². The zero-order valence-electron chi connectivity index (χ0n) is 31.8. The molecule has 2 heterocycles. The van der Waals surface area contributed by atoms with Gasteiger partial charge in [-0.05, 0) is 106 Å². The van der Waals surface area contributed by atoms with Crippen LogP contribution in [0.15, 0.2) is 63.8 Å². The van der Waals surface area contributed by atoms with Crippen molar-refractivity contribution in [2.45, 2.75) is 83.9 Å². The van der Waals surface area contributed by atoms with Crippen LogP contribution in [-0.2, 0) is 25.5 Å². The van der Waals surface area contributed by atoms with Gasteiger partial charge in [0.15, 0.2) is 11.4 Å². The number of nitrogens with one attached hydrogen (secondary N) is 6. The van der Waals surface area contributed by atoms with Crippen molar-refractivity contribution in [3.8, 4) is 11.1 Å². The lowest BCUT2D eigenvalue weighted by molar-refractivity contribution is -0.130. The predicted molar refractivity (Wildman–Crippen MR) is 206 cm³/mol. The number of ether oxygens (including phenoxy) is 1. The molecule has 0 spiro atoms. The van der Waals surface area contributed by atoms with Crippen LogP contribution in [0.3, 0.4) is 0 Å². The Morgan fingerprint density at radius 3 is 2.36 bits per heavy atom. The summed E-state index contributed by atoms with van der Waals surface area (Å²) in [5.74, 6) is -3.22. The molecular weight excluding hydrogens is 723 g/mol. The summed E-state index contributed by atoms with van der Waals surface area (Å²) in [4.78, 5) is 78.3. The van der Waals surface area contributed by atoms with Crippen molar-refractivity contribution in [1.82, 2.24) is 26.3 Å². The van der Waals surface area contributed by atoms with Gasteiger partial charge >= 0.3 is 11.8 Å². The van der Waals surface area contributed by atoms with Crippen LogP contribution in [0.1, 0.15) is 74.4 Å². The second-order valence-corrected chi connectivity index (χ2v) is 15.5. The monoisotopic (exact) mass is 770 g/mol. The Balaban J connectivity index is 1.13. The van der Waals surface area contributed by atoms with Crippen molar-refractivity contribution < 1.29 is 37.5 Å². The number of hydrogen-bond acceptors (Lipinski definition) is 8. The molecule has 5 amide bonds. The fourth-order valence-electron chi connectivity index (χ4n) is 7.15. The van der Waals surface area contributed by atoms with E-state index in [0.29, 0.717) is 50.8 Å². The summed E-state index contributed by atoms with van der Waals surface area (Å²) < 4.78 is 24.9. The van der Waals surface area contributed by atoms with Crippen LogP contribution >= 0.6 is 0 Å². The minimum atomic E-state index is -1.04. The molecule has 1 saturated carbocycles. The first-order valence-corrected chi connectivity index (χ1v) is 18.8. The summed E-state index contributed by atoms with van der Waals surface area (Å²) in [6.45, 7) is 8.24. The van der Waals surface area contributed by atoms with Gasteiger partial charge in [-0.3, -0.25) is 24.2 Å². The molecule has 1 aliphatic heterocycles. The Morgan fingerprint density at radius 1 is 0.964 bits per heavy atom. The van der Waals surface area contributed by atoms with Gasteiger partial charge in [0.25, 0.3) is 5.91 Å². The summed E-state index contributed by atoms with van der Waals surface area (Å²) in [5, 5.41) is 13.9. The van der Waals surface area contributed by atoms with Gasteiger partial charge < -0.3 is 35.7 Å². The molecule has 1 saturated heterocycles. The van der Waals surface area contributed by atoms with E-state index in [1.54, 1.807) is 32.9 Å². The van der Waals surface area contributed by atoms with E-state index in [1.165, 1.54) is 6.07 Å². The smallest absolute Gasteiger partial charge is 0.417 e. The molecule has 2 fully saturated rings. The largest absolute Gasteiger partial charge is 0.444 e. The van der Waals surface area contributed by atoms with E-state index >= 15 is 0 Å². The number of halogens is 1. The zero-order chi connectivity index (χ0) is 40.1. The maximum atomic E-state index is 14.7. The molecule has 6 N–H and O–H groups in total. The standard InChI is InChI=1S/C41H47FN6O8/c1-22-17-27(36(50)46-31-15-16-43-37(31)51)13-14-29(22)25-9-5-23(6-10-25)18-33(38(52)45-28-19-30(42)34-32(20-28)48-40(54)55-34)47-35(49)26-11-7-24(8-12-26)21-44-39(53)56-41(2,3)4/h5-6,9-10,13-14,17,19-20,24,26,31,33H,7-8,11-12,15-16,18,21H2,1-4H3,(H,43,51)(H,44,53)(H,45,52)(H,46,50)(H,47,49)(H,48,54)/t24-,26-,31-,33-/m0/s1. The maximum Gasteiger partial charge on any atom is 0.417 e. The number of hydrogen-bond donors (Lipinski definition) is 6. The number of rotatable bonds is 11. The van der Waals surface area contributed by atoms with Crippen LogP contribution in [0.25, 0.3) is 22.2 Å². The normalized spacial score (nSPS) is 18.8. The Labute approximate surface area is 322 Å². The molecule has 3 aromatic carbocycles. The number of carbonyl (C=O) groups is 5. The molecule has 0 unspecified atom stereocenters. The topological polar surface area (TPSA) is 201 Å². The van der Waals surface area contributed by atoms with Crippen LogP contribution in [0, 0.1) is 24.6 Å². The first-order valence-electron chi connectivity index (χ1n) is 18.8. The SMILES string of the molecule is Cc1cc(C(=O)N[C@H]2CCNC2=O)ccc1-c1ccc(C[C@H](NC(=O)[C@H]2CC[C@H](CNC(=O)OC(C)(C)C)CC2)C(=O)Nc2cc(F)c3oc(=O)[nH]c3c2)cc1. The Morgan fingerprint density at radius 2 is 1.70 bits per heavy atom. The van der Waals surface area contributed by atoms with Gasteiger partial charge in [0, 0.05) is 42.7 Å². The summed E-state index contributed by atoms with van der Waals surface area (Å²) >= 11 is 0. The van der Waals surface area contributed by atoms with Gasteiger partial charge in [-0.1, -0.05) is 30.3 Å². The lowest BCUT2D eigenvalue weighted by Gasteiger charge is -2.29. The number of alkyl carbamates (subject to hydrolysis) is 1. The lowest BCUT2D eigenvalue weighted by Crippen LogP contribution is -2.48. The minimum Gasteiger partial charge on any atom is -0.444 e. The third-order valence-electron chi connectivity index (χ3n) is 10.1. The summed E-state index contributed by atoms with van der Waals surface area (Å²) in [6.07, 6.45) is 2.73. The molecule has 0 bridgehead atoms. The number of anilines is 1. The predicted octanol–water partition coefficient (Wildman–Crippen LogP) is 4.85. The molecule has 2 atom stereocenters. The van der Waals surface area contributed by atoms with E-state index in [9.17, 15) is 33.2 Å². The van der Waals surface area contributed by atoms with Crippen molar-refractivity contribution in [2.75, 3.05) is 18.4 Å². The summed E-state index contributed by atoms with van der Waals surface area (Å²) in [6, 6.07) is 13.6. The van der Waals surface area contributed by atoms with Gasteiger partial charge in [-0.25, -0.2) is 14.0 Å². The third kappa shape index (κ3) is 10.00. The average molecular weight is 771 g/mol. The fraction of sp³-hybridized carbons (Fsp3) is 0.415. The molecular formula is C41H47FN6O8. The van der Waals surface area contributed by atoms with Crippen LogP contribution in [0.4, 0.5) is 14.9 Å². The first-order chi connectivity index (χ1) is 26.6. The lowest BCUT2D eigenvalue weighted by atomic mass is 9.81. The number of aryl methyl sites for hydroxylation is 1. The number of H-pyrrole nitrogens is 1. The molecule has 1 aromatic heterocycles. The van der Waals surface area contributed by atoms with Gasteiger partial charge in [0.1, 0.15) is 17.7 Å². The Bertz CT molecular complexity index is 2180. The molecule has 296 valence electrons. The Kier molecular flexibility index (Phi) is 11.9. The number of amides is 5. The van der Waals surface area contributed by atoms with E-state index in [2.05, 4.69) is 31.6 Å². The number of oxazole rings is 1. The molecule has 56 heavy (non-hydrogen) atoms. The highest BCUT2D eigenvalue weighted by atomic mass is 19.1. The summed E-state index contributed by atoms with van der Waals surface area (Å²) in [5.41, 5.74) is 3.08. The van der Waals surface area contributed by atoms with E-state index in [-0.39, 0.29) is 52.8 Å². The first kappa shape index (κ1) is 39.7. The summed E-state index contributed by atoms with van der Waals surface area (Å²) in [7, 11) is 0.